The van der Waals surface area contributed by atoms with Crippen LogP contribution in [0.15, 0.2) is 36.4 Å². The van der Waals surface area contributed by atoms with Crippen LogP contribution < -0.4 is 14.4 Å². The Labute approximate surface area is 194 Å². The Hall–Kier alpha value is -1.96. The lowest BCUT2D eigenvalue weighted by atomic mass is 10.0. The molecular formula is C22H28Cl2N2O4S. The van der Waals surface area contributed by atoms with Gasteiger partial charge in [0.25, 0.3) is 0 Å². The molecule has 1 N–H and O–H groups in total. The fraction of sp³-hybridized carbons (Fsp3) is 0.409. The van der Waals surface area contributed by atoms with E-state index in [1.165, 1.54) is 18.2 Å². The SMILES string of the molecule is CC[C@@H](NC(=O)[C@H](CC)N(c1ccc(Cl)c(Cl)c1)S(C)(=O)=O)c1ccc(OC)c(C)c1. The first-order chi connectivity index (χ1) is 14.5. The molecule has 0 aliphatic heterocycles. The fourth-order valence-electron chi connectivity index (χ4n) is 3.49. The van der Waals surface area contributed by atoms with Crippen molar-refractivity contribution in [3.63, 3.8) is 0 Å². The van der Waals surface area contributed by atoms with Gasteiger partial charge < -0.3 is 10.1 Å². The summed E-state index contributed by atoms with van der Waals surface area (Å²) in [5.41, 5.74) is 2.16. The van der Waals surface area contributed by atoms with Crippen LogP contribution in [-0.2, 0) is 14.8 Å². The fourth-order valence-corrected chi connectivity index (χ4v) is 4.99. The minimum Gasteiger partial charge on any atom is -0.496 e. The number of ether oxygens (including phenoxy) is 1. The van der Waals surface area contributed by atoms with Crippen molar-refractivity contribution in [2.45, 2.75) is 45.7 Å². The van der Waals surface area contributed by atoms with Crippen LogP contribution in [0.2, 0.25) is 10.0 Å². The van der Waals surface area contributed by atoms with Gasteiger partial charge in [0.15, 0.2) is 0 Å². The predicted octanol–water partition coefficient (Wildman–Crippen LogP) is 5.12. The van der Waals surface area contributed by atoms with Gasteiger partial charge in [-0.05, 0) is 55.2 Å². The number of aryl methyl sites for hydroxylation is 1. The first-order valence-corrected chi connectivity index (χ1v) is 12.5. The van der Waals surface area contributed by atoms with Crippen molar-refractivity contribution in [2.24, 2.45) is 0 Å². The molecule has 0 aliphatic carbocycles. The van der Waals surface area contributed by atoms with E-state index in [0.29, 0.717) is 11.4 Å². The number of nitrogens with zero attached hydrogens (tertiary/aromatic N) is 1. The summed E-state index contributed by atoms with van der Waals surface area (Å²) in [6, 6.07) is 8.99. The lowest BCUT2D eigenvalue weighted by Crippen LogP contribution is -2.50. The molecule has 9 heteroatoms. The second kappa shape index (κ2) is 10.6. The van der Waals surface area contributed by atoms with Crippen molar-refractivity contribution in [2.75, 3.05) is 17.7 Å². The average molecular weight is 487 g/mol. The van der Waals surface area contributed by atoms with Gasteiger partial charge in [-0.1, -0.05) is 49.2 Å². The van der Waals surface area contributed by atoms with E-state index in [1.54, 1.807) is 14.0 Å². The van der Waals surface area contributed by atoms with Gasteiger partial charge in [0.1, 0.15) is 11.8 Å². The zero-order chi connectivity index (χ0) is 23.3. The Morgan fingerprint density at radius 1 is 1.10 bits per heavy atom. The van der Waals surface area contributed by atoms with Crippen LogP contribution in [0.1, 0.15) is 43.9 Å². The largest absolute Gasteiger partial charge is 0.496 e. The Morgan fingerprint density at radius 2 is 1.77 bits per heavy atom. The van der Waals surface area contributed by atoms with Gasteiger partial charge >= 0.3 is 0 Å². The normalized spacial score (nSPS) is 13.4. The Kier molecular flexibility index (Phi) is 8.63. The Balaban J connectivity index is 2.38. The molecule has 0 heterocycles. The Morgan fingerprint density at radius 3 is 2.26 bits per heavy atom. The number of benzene rings is 2. The quantitative estimate of drug-likeness (QED) is 0.533. The van der Waals surface area contributed by atoms with E-state index in [2.05, 4.69) is 5.32 Å². The van der Waals surface area contributed by atoms with Crippen molar-refractivity contribution in [1.29, 1.82) is 0 Å². The Bertz CT molecular complexity index is 1040. The summed E-state index contributed by atoms with van der Waals surface area (Å²) in [5, 5.41) is 3.52. The summed E-state index contributed by atoms with van der Waals surface area (Å²) in [5.74, 6) is 0.374. The molecule has 0 fully saturated rings. The molecule has 2 atom stereocenters. The monoisotopic (exact) mass is 486 g/mol. The summed E-state index contributed by atoms with van der Waals surface area (Å²) in [7, 11) is -2.17. The zero-order valence-electron chi connectivity index (χ0n) is 18.3. The van der Waals surface area contributed by atoms with E-state index in [0.717, 1.165) is 27.4 Å². The third kappa shape index (κ3) is 6.05. The number of rotatable bonds is 9. The van der Waals surface area contributed by atoms with Crippen LogP contribution in [-0.4, -0.2) is 33.7 Å². The third-order valence-corrected chi connectivity index (χ3v) is 6.95. The maximum Gasteiger partial charge on any atom is 0.244 e. The van der Waals surface area contributed by atoms with Gasteiger partial charge in [0.2, 0.25) is 15.9 Å². The highest BCUT2D eigenvalue weighted by Crippen LogP contribution is 2.31. The summed E-state index contributed by atoms with van der Waals surface area (Å²) in [6.45, 7) is 5.65. The molecule has 31 heavy (non-hydrogen) atoms. The number of carbonyl (C=O) groups is 1. The maximum absolute atomic E-state index is 13.2. The van der Waals surface area contributed by atoms with Crippen molar-refractivity contribution in [1.82, 2.24) is 5.32 Å². The van der Waals surface area contributed by atoms with Crippen LogP contribution >= 0.6 is 23.2 Å². The van der Waals surface area contributed by atoms with Gasteiger partial charge in [-0.25, -0.2) is 8.42 Å². The maximum atomic E-state index is 13.2. The molecule has 0 aliphatic rings. The smallest absolute Gasteiger partial charge is 0.244 e. The van der Waals surface area contributed by atoms with Crippen LogP contribution in [0.5, 0.6) is 5.75 Å². The van der Waals surface area contributed by atoms with Gasteiger partial charge in [0, 0.05) is 0 Å². The van der Waals surface area contributed by atoms with E-state index in [9.17, 15) is 13.2 Å². The van der Waals surface area contributed by atoms with Crippen molar-refractivity contribution in [3.05, 3.63) is 57.6 Å². The molecule has 6 nitrogen and oxygen atoms in total. The van der Waals surface area contributed by atoms with Crippen LogP contribution in [0.25, 0.3) is 0 Å². The summed E-state index contributed by atoms with van der Waals surface area (Å²) in [6.07, 6.45) is 1.98. The van der Waals surface area contributed by atoms with Crippen molar-refractivity contribution >= 4 is 44.8 Å². The number of halogens is 2. The molecule has 0 saturated carbocycles. The molecule has 0 saturated heterocycles. The second-order valence-corrected chi connectivity index (χ2v) is 9.95. The highest BCUT2D eigenvalue weighted by molar-refractivity contribution is 7.92. The van der Waals surface area contributed by atoms with Gasteiger partial charge in [-0.3, -0.25) is 9.10 Å². The van der Waals surface area contributed by atoms with Crippen LogP contribution in [0, 0.1) is 6.92 Å². The van der Waals surface area contributed by atoms with E-state index >= 15 is 0 Å². The number of carbonyl (C=O) groups excluding carboxylic acids is 1. The number of nitrogens with one attached hydrogen (secondary N) is 1. The summed E-state index contributed by atoms with van der Waals surface area (Å²) in [4.78, 5) is 13.2. The van der Waals surface area contributed by atoms with Gasteiger partial charge in [-0.2, -0.15) is 0 Å². The molecular weight excluding hydrogens is 459 g/mol. The molecule has 0 unspecified atom stereocenters. The van der Waals surface area contributed by atoms with E-state index < -0.39 is 16.1 Å². The van der Waals surface area contributed by atoms with Crippen LogP contribution in [0.4, 0.5) is 5.69 Å². The average Bonchev–Trinajstić information content (AvgIpc) is 2.71. The second-order valence-electron chi connectivity index (χ2n) is 7.28. The molecule has 2 rings (SSSR count). The topological polar surface area (TPSA) is 75.7 Å². The number of amides is 1. The molecule has 2 aromatic rings. The number of anilines is 1. The molecule has 170 valence electrons. The number of hydrogen-bond donors (Lipinski definition) is 1. The van der Waals surface area contributed by atoms with E-state index in [4.69, 9.17) is 27.9 Å². The third-order valence-electron chi connectivity index (χ3n) is 5.03. The first kappa shape index (κ1) is 25.3. The minimum absolute atomic E-state index is 0.211. The van der Waals surface area contributed by atoms with Gasteiger partial charge in [-0.15, -0.1) is 0 Å². The van der Waals surface area contributed by atoms with Crippen molar-refractivity contribution in [3.8, 4) is 5.75 Å². The molecule has 0 aromatic heterocycles. The summed E-state index contributed by atoms with van der Waals surface area (Å²) < 4.78 is 31.7. The van der Waals surface area contributed by atoms with Crippen LogP contribution in [0.3, 0.4) is 0 Å². The molecule has 0 bridgehead atoms. The summed E-state index contributed by atoms with van der Waals surface area (Å²) >= 11 is 12.1. The molecule has 2 aromatic carbocycles. The van der Waals surface area contributed by atoms with Gasteiger partial charge in [0.05, 0.1) is 35.1 Å². The number of methoxy groups -OCH3 is 1. The molecule has 0 spiro atoms. The van der Waals surface area contributed by atoms with E-state index in [1.807, 2.05) is 32.0 Å². The zero-order valence-corrected chi connectivity index (χ0v) is 20.6. The van der Waals surface area contributed by atoms with Crippen molar-refractivity contribution < 1.29 is 17.9 Å². The minimum atomic E-state index is -3.77. The number of sulfonamides is 1. The standard InChI is InChI=1S/C22H28Cl2N2O4S/c1-6-19(15-8-11-21(30-4)14(3)12-15)25-22(27)20(7-2)26(31(5,28)29)16-9-10-17(23)18(24)13-16/h8-13,19-20H,6-7H2,1-5H3,(H,25,27)/t19-,20+/m1/s1. The van der Waals surface area contributed by atoms with E-state index in [-0.39, 0.29) is 29.1 Å². The highest BCUT2D eigenvalue weighted by Gasteiger charge is 2.33. The first-order valence-electron chi connectivity index (χ1n) is 9.92. The molecule has 0 radical (unpaired) electrons. The molecule has 1 amide bonds. The lowest BCUT2D eigenvalue weighted by Gasteiger charge is -2.31. The highest BCUT2D eigenvalue weighted by atomic mass is 35.5. The predicted molar refractivity (Wildman–Crippen MR) is 127 cm³/mol. The lowest BCUT2D eigenvalue weighted by molar-refractivity contribution is -0.123. The number of hydrogen-bond acceptors (Lipinski definition) is 4.